The van der Waals surface area contributed by atoms with Crippen molar-refractivity contribution >= 4 is 23.6 Å². The zero-order chi connectivity index (χ0) is 38.6. The van der Waals surface area contributed by atoms with E-state index < -0.39 is 48.4 Å². The molecule has 290 valence electrons. The van der Waals surface area contributed by atoms with E-state index in [1.54, 1.807) is 52.0 Å². The number of benzene rings is 1. The molecule has 1 heterocycles. The van der Waals surface area contributed by atoms with Gasteiger partial charge in [0.25, 0.3) is 0 Å². The van der Waals surface area contributed by atoms with Gasteiger partial charge in [0.2, 0.25) is 23.6 Å². The Hall–Kier alpha value is -3.06. The molecule has 12 nitrogen and oxygen atoms in total. The zero-order valence-corrected chi connectivity index (χ0v) is 33.1. The van der Waals surface area contributed by atoms with Gasteiger partial charge in [0, 0.05) is 27.8 Å². The van der Waals surface area contributed by atoms with Crippen molar-refractivity contribution in [2.45, 2.75) is 130 Å². The molecule has 1 aromatic rings. The van der Waals surface area contributed by atoms with Gasteiger partial charge in [-0.2, -0.15) is 0 Å². The van der Waals surface area contributed by atoms with Gasteiger partial charge in [-0.1, -0.05) is 85.2 Å². The molecule has 1 aliphatic rings. The standard InChI is InChI=1S/C39H67N5O7/c1-13-25(6)34(43(10)39(49)33(24(4)5)42-38(48)32(40-9)23(2)3)30(50-11)22-31(45)44-21-17-20-29(44)36(51-12)26(7)37(47)41-27(8)35(46)28-18-15-14-16-19-28/h14-16,18-19,23-27,29-30,32-36,40,46H,13,17,20-22H2,1-12H3,(H,41,47)(H,42,48). The molecular weight excluding hydrogens is 650 g/mol. The van der Waals surface area contributed by atoms with Crippen molar-refractivity contribution in [3.05, 3.63) is 35.9 Å². The predicted molar refractivity (Wildman–Crippen MR) is 200 cm³/mol. The first kappa shape index (κ1) is 44.1. The molecule has 4 amide bonds. The Morgan fingerprint density at radius 2 is 1.53 bits per heavy atom. The van der Waals surface area contributed by atoms with Crippen LogP contribution < -0.4 is 16.0 Å². The monoisotopic (exact) mass is 718 g/mol. The van der Waals surface area contributed by atoms with Gasteiger partial charge in [-0.25, -0.2) is 0 Å². The first-order valence-electron chi connectivity index (χ1n) is 18.7. The molecule has 51 heavy (non-hydrogen) atoms. The van der Waals surface area contributed by atoms with Crippen molar-refractivity contribution in [3.8, 4) is 0 Å². The highest BCUT2D eigenvalue weighted by molar-refractivity contribution is 5.90. The minimum atomic E-state index is -0.875. The minimum absolute atomic E-state index is 0.0148. The van der Waals surface area contributed by atoms with Gasteiger partial charge in [0.05, 0.1) is 54.8 Å². The minimum Gasteiger partial charge on any atom is -0.386 e. The summed E-state index contributed by atoms with van der Waals surface area (Å²) < 4.78 is 11.9. The fourth-order valence-corrected chi connectivity index (χ4v) is 7.42. The van der Waals surface area contributed by atoms with Crippen LogP contribution in [0.15, 0.2) is 30.3 Å². The molecule has 4 N–H and O–H groups in total. The van der Waals surface area contributed by atoms with Crippen molar-refractivity contribution in [2.75, 3.05) is 34.9 Å². The van der Waals surface area contributed by atoms with E-state index in [2.05, 4.69) is 16.0 Å². The lowest BCUT2D eigenvalue weighted by molar-refractivity contribution is -0.148. The molecule has 10 unspecified atom stereocenters. The van der Waals surface area contributed by atoms with Crippen molar-refractivity contribution in [1.82, 2.24) is 25.8 Å². The molecule has 0 saturated carbocycles. The summed E-state index contributed by atoms with van der Waals surface area (Å²) in [6.45, 7) is 15.9. The lowest BCUT2D eigenvalue weighted by Gasteiger charge is -2.41. The summed E-state index contributed by atoms with van der Waals surface area (Å²) in [6, 6.07) is 6.67. The van der Waals surface area contributed by atoms with Crippen LogP contribution in [-0.2, 0) is 28.7 Å². The van der Waals surface area contributed by atoms with Crippen LogP contribution in [0.25, 0.3) is 0 Å². The molecule has 0 radical (unpaired) electrons. The molecule has 0 aliphatic carbocycles. The summed E-state index contributed by atoms with van der Waals surface area (Å²) in [5.74, 6) is -1.62. The van der Waals surface area contributed by atoms with Crippen molar-refractivity contribution in [2.24, 2.45) is 23.7 Å². The van der Waals surface area contributed by atoms with Gasteiger partial charge >= 0.3 is 0 Å². The summed E-state index contributed by atoms with van der Waals surface area (Å²) in [4.78, 5) is 58.3. The average Bonchev–Trinajstić information content (AvgIpc) is 3.59. The highest BCUT2D eigenvalue weighted by Gasteiger charge is 2.43. The largest absolute Gasteiger partial charge is 0.386 e. The fourth-order valence-electron chi connectivity index (χ4n) is 7.42. The van der Waals surface area contributed by atoms with E-state index in [9.17, 15) is 24.3 Å². The number of carbonyl (C=O) groups excluding carboxylic acids is 4. The van der Waals surface area contributed by atoms with E-state index in [4.69, 9.17) is 9.47 Å². The van der Waals surface area contributed by atoms with Crippen LogP contribution in [0.3, 0.4) is 0 Å². The average molecular weight is 718 g/mol. The number of nitrogens with one attached hydrogen (secondary N) is 3. The van der Waals surface area contributed by atoms with Crippen LogP contribution in [-0.4, -0.2) is 116 Å². The maximum absolute atomic E-state index is 14.1. The van der Waals surface area contributed by atoms with Crippen LogP contribution in [0.2, 0.25) is 0 Å². The number of hydrogen-bond acceptors (Lipinski definition) is 8. The highest BCUT2D eigenvalue weighted by atomic mass is 16.5. The number of hydrogen-bond donors (Lipinski definition) is 4. The third-order valence-electron chi connectivity index (χ3n) is 10.7. The van der Waals surface area contributed by atoms with Gasteiger partial charge in [0.1, 0.15) is 6.04 Å². The molecule has 1 aliphatic heterocycles. The smallest absolute Gasteiger partial charge is 0.245 e. The van der Waals surface area contributed by atoms with Crippen LogP contribution >= 0.6 is 0 Å². The number of nitrogens with zero attached hydrogens (tertiary/aromatic N) is 2. The van der Waals surface area contributed by atoms with Gasteiger partial charge in [-0.05, 0) is 50.1 Å². The molecule has 10 atom stereocenters. The molecular formula is C39H67N5O7. The van der Waals surface area contributed by atoms with Crippen LogP contribution in [0.5, 0.6) is 0 Å². The van der Waals surface area contributed by atoms with E-state index in [-0.39, 0.29) is 53.8 Å². The van der Waals surface area contributed by atoms with E-state index in [1.165, 1.54) is 0 Å². The Kier molecular flexibility index (Phi) is 18.0. The first-order chi connectivity index (χ1) is 24.0. The Morgan fingerprint density at radius 3 is 2.04 bits per heavy atom. The quantitative estimate of drug-likeness (QED) is 0.160. The first-order valence-corrected chi connectivity index (χ1v) is 18.7. The number of ether oxygens (including phenoxy) is 2. The zero-order valence-electron chi connectivity index (χ0n) is 33.1. The summed E-state index contributed by atoms with van der Waals surface area (Å²) in [6.07, 6.45) is 0.147. The lowest BCUT2D eigenvalue weighted by Crippen LogP contribution is -2.59. The molecule has 12 heteroatoms. The van der Waals surface area contributed by atoms with Gasteiger partial charge in [0.15, 0.2) is 0 Å². The predicted octanol–water partition coefficient (Wildman–Crippen LogP) is 3.53. The summed E-state index contributed by atoms with van der Waals surface area (Å²) in [7, 11) is 6.57. The normalized spacial score (nSPS) is 20.1. The molecule has 2 rings (SSSR count). The van der Waals surface area contributed by atoms with Crippen molar-refractivity contribution in [1.29, 1.82) is 0 Å². The number of aliphatic hydroxyl groups is 1. The number of likely N-dealkylation sites (N-methyl/N-ethyl adjacent to an activating group) is 2. The summed E-state index contributed by atoms with van der Waals surface area (Å²) >= 11 is 0. The molecule has 1 aromatic carbocycles. The van der Waals surface area contributed by atoms with Crippen molar-refractivity contribution in [3.63, 3.8) is 0 Å². The highest BCUT2D eigenvalue weighted by Crippen LogP contribution is 2.30. The van der Waals surface area contributed by atoms with E-state index in [0.29, 0.717) is 18.5 Å². The number of carbonyl (C=O) groups is 4. The van der Waals surface area contributed by atoms with Crippen molar-refractivity contribution < 1.29 is 33.8 Å². The van der Waals surface area contributed by atoms with Gasteiger partial charge < -0.3 is 40.3 Å². The van der Waals surface area contributed by atoms with E-state index in [1.807, 2.05) is 71.9 Å². The Labute approximate surface area is 306 Å². The van der Waals surface area contributed by atoms with E-state index >= 15 is 0 Å². The Balaban J connectivity index is 2.24. The topological polar surface area (TPSA) is 150 Å². The summed E-state index contributed by atoms with van der Waals surface area (Å²) in [5, 5.41) is 19.8. The van der Waals surface area contributed by atoms with Gasteiger partial charge in [-0.15, -0.1) is 0 Å². The Bertz CT molecular complexity index is 1250. The lowest BCUT2D eigenvalue weighted by atomic mass is 9.89. The number of methoxy groups -OCH3 is 2. The third kappa shape index (κ3) is 11.5. The number of rotatable bonds is 20. The second kappa shape index (κ2) is 20.8. The fraction of sp³-hybridized carbons (Fsp3) is 0.744. The second-order valence-electron chi connectivity index (χ2n) is 15.0. The van der Waals surface area contributed by atoms with Gasteiger partial charge in [-0.3, -0.25) is 19.2 Å². The maximum atomic E-state index is 14.1. The molecule has 0 bridgehead atoms. The molecule has 1 fully saturated rings. The molecule has 0 aromatic heterocycles. The van der Waals surface area contributed by atoms with E-state index in [0.717, 1.165) is 12.8 Å². The summed E-state index contributed by atoms with van der Waals surface area (Å²) in [5.41, 5.74) is 0.711. The molecule has 0 spiro atoms. The van der Waals surface area contributed by atoms with Crippen LogP contribution in [0.4, 0.5) is 0 Å². The van der Waals surface area contributed by atoms with Crippen LogP contribution in [0, 0.1) is 23.7 Å². The van der Waals surface area contributed by atoms with Crippen LogP contribution in [0.1, 0.15) is 92.7 Å². The SMILES string of the molecule is CCC(C)C(C(CC(=O)N1CCCC1C(OC)C(C)C(=O)NC(C)C(O)c1ccccc1)OC)N(C)C(=O)C(NC(=O)C(NC)C(C)C)C(C)C. The Morgan fingerprint density at radius 1 is 0.922 bits per heavy atom. The number of likely N-dealkylation sites (tertiary alicyclic amines) is 1. The molecule has 1 saturated heterocycles. The third-order valence-corrected chi connectivity index (χ3v) is 10.7. The number of amides is 4. The maximum Gasteiger partial charge on any atom is 0.245 e. The second-order valence-corrected chi connectivity index (χ2v) is 15.0. The number of aliphatic hydroxyl groups excluding tert-OH is 1.